The highest BCUT2D eigenvalue weighted by Gasteiger charge is 2.30. The van der Waals surface area contributed by atoms with Crippen LogP contribution in [0.2, 0.25) is 0 Å². The van der Waals surface area contributed by atoms with E-state index in [0.717, 1.165) is 12.6 Å². The molecule has 2 rings (SSSR count). The molecule has 0 aliphatic heterocycles. The molecule has 0 saturated heterocycles. The van der Waals surface area contributed by atoms with Gasteiger partial charge in [0.2, 0.25) is 0 Å². The van der Waals surface area contributed by atoms with Crippen LogP contribution in [0.3, 0.4) is 0 Å². The minimum Gasteiger partial charge on any atom is -0.345 e. The third-order valence-corrected chi connectivity index (χ3v) is 3.98. The fraction of sp³-hybridized carbons (Fsp3) is 0.750. The summed E-state index contributed by atoms with van der Waals surface area (Å²) in [7, 11) is 1.98. The molecule has 90 valence electrons. The predicted octanol–water partition coefficient (Wildman–Crippen LogP) is 2.80. The zero-order valence-corrected chi connectivity index (χ0v) is 11.2. The maximum Gasteiger partial charge on any atom is 0.185 e. The lowest BCUT2D eigenvalue weighted by Gasteiger charge is -2.20. The van der Waals surface area contributed by atoms with Crippen molar-refractivity contribution < 1.29 is 0 Å². The van der Waals surface area contributed by atoms with Crippen molar-refractivity contribution in [3.63, 3.8) is 0 Å². The molecule has 1 atom stereocenters. The van der Waals surface area contributed by atoms with E-state index in [-0.39, 0.29) is 0 Å². The van der Waals surface area contributed by atoms with E-state index in [0.29, 0.717) is 6.04 Å². The van der Waals surface area contributed by atoms with Gasteiger partial charge in [0.15, 0.2) is 5.13 Å². The fourth-order valence-electron chi connectivity index (χ4n) is 1.82. The Bertz CT molecular complexity index is 333. The third kappa shape index (κ3) is 2.55. The number of rotatable bonds is 6. The maximum atomic E-state index is 4.74. The Kier molecular flexibility index (Phi) is 3.82. The molecule has 1 heterocycles. The Morgan fingerprint density at radius 3 is 2.94 bits per heavy atom. The molecular formula is C12H21N3S. The number of aromatic nitrogens is 1. The Balaban J connectivity index is 2.09. The quantitative estimate of drug-likeness (QED) is 0.827. The minimum absolute atomic E-state index is 0.354. The molecule has 1 aromatic rings. The molecule has 4 heteroatoms. The second kappa shape index (κ2) is 5.15. The SMILES string of the molecule is CCCN(c1nc(C(C)NC)cs1)C1CC1. The van der Waals surface area contributed by atoms with E-state index >= 15 is 0 Å². The first-order valence-corrected chi connectivity index (χ1v) is 7.03. The Labute approximate surface area is 102 Å². The molecule has 1 saturated carbocycles. The first-order chi connectivity index (χ1) is 7.76. The predicted molar refractivity (Wildman–Crippen MR) is 70.2 cm³/mol. The molecule has 16 heavy (non-hydrogen) atoms. The summed E-state index contributed by atoms with van der Waals surface area (Å²) in [5.41, 5.74) is 1.17. The van der Waals surface area contributed by atoms with Crippen molar-refractivity contribution in [2.45, 2.75) is 45.2 Å². The van der Waals surface area contributed by atoms with Gasteiger partial charge >= 0.3 is 0 Å². The van der Waals surface area contributed by atoms with Crippen molar-refractivity contribution in [1.29, 1.82) is 0 Å². The first-order valence-electron chi connectivity index (χ1n) is 6.15. The lowest BCUT2D eigenvalue weighted by atomic mass is 10.3. The lowest BCUT2D eigenvalue weighted by molar-refractivity contribution is 0.634. The van der Waals surface area contributed by atoms with Crippen molar-refractivity contribution in [1.82, 2.24) is 10.3 Å². The molecule has 1 aliphatic rings. The fourth-order valence-corrected chi connectivity index (χ4v) is 2.83. The van der Waals surface area contributed by atoms with Gasteiger partial charge in [-0.15, -0.1) is 11.3 Å². The summed E-state index contributed by atoms with van der Waals surface area (Å²) in [5, 5.41) is 6.63. The molecule has 0 bridgehead atoms. The standard InChI is InChI=1S/C12H21N3S/c1-4-7-15(10-5-6-10)12-14-11(8-16-12)9(2)13-3/h8-10,13H,4-7H2,1-3H3. The van der Waals surface area contributed by atoms with E-state index in [1.807, 2.05) is 7.05 Å². The molecule has 1 N–H and O–H groups in total. The Morgan fingerprint density at radius 2 is 2.38 bits per heavy atom. The summed E-state index contributed by atoms with van der Waals surface area (Å²) in [6.07, 6.45) is 3.89. The normalized spacial score (nSPS) is 17.4. The van der Waals surface area contributed by atoms with Crippen molar-refractivity contribution in [3.8, 4) is 0 Å². The van der Waals surface area contributed by atoms with E-state index in [2.05, 4.69) is 29.4 Å². The molecule has 1 aliphatic carbocycles. The van der Waals surface area contributed by atoms with Gasteiger partial charge in [0.25, 0.3) is 0 Å². The van der Waals surface area contributed by atoms with Crippen molar-refractivity contribution in [3.05, 3.63) is 11.1 Å². The first kappa shape index (κ1) is 11.9. The monoisotopic (exact) mass is 239 g/mol. The van der Waals surface area contributed by atoms with Crippen molar-refractivity contribution >= 4 is 16.5 Å². The van der Waals surface area contributed by atoms with Crippen LogP contribution in [-0.2, 0) is 0 Å². The van der Waals surface area contributed by atoms with Crippen molar-refractivity contribution in [2.24, 2.45) is 0 Å². The van der Waals surface area contributed by atoms with Crippen LogP contribution in [0.25, 0.3) is 0 Å². The summed E-state index contributed by atoms with van der Waals surface area (Å²) in [4.78, 5) is 7.23. The summed E-state index contributed by atoms with van der Waals surface area (Å²) >= 11 is 1.78. The molecule has 0 amide bonds. The molecule has 3 nitrogen and oxygen atoms in total. The van der Waals surface area contributed by atoms with Gasteiger partial charge in [0.1, 0.15) is 0 Å². The second-order valence-electron chi connectivity index (χ2n) is 4.49. The summed E-state index contributed by atoms with van der Waals surface area (Å²) in [6, 6.07) is 1.12. The van der Waals surface area contributed by atoms with Gasteiger partial charge in [-0.25, -0.2) is 4.98 Å². The van der Waals surface area contributed by atoms with Gasteiger partial charge in [-0.3, -0.25) is 0 Å². The summed E-state index contributed by atoms with van der Waals surface area (Å²) in [6.45, 7) is 5.53. The number of anilines is 1. The molecule has 1 unspecified atom stereocenters. The Hall–Kier alpha value is -0.610. The Morgan fingerprint density at radius 1 is 1.62 bits per heavy atom. The minimum atomic E-state index is 0.354. The highest BCUT2D eigenvalue weighted by molar-refractivity contribution is 7.13. The topological polar surface area (TPSA) is 28.2 Å². The molecule has 1 aromatic heterocycles. The van der Waals surface area contributed by atoms with E-state index in [4.69, 9.17) is 4.98 Å². The maximum absolute atomic E-state index is 4.74. The average molecular weight is 239 g/mol. The van der Waals surface area contributed by atoms with Crippen LogP contribution < -0.4 is 10.2 Å². The molecule has 0 radical (unpaired) electrons. The van der Waals surface area contributed by atoms with Crippen LogP contribution in [0.5, 0.6) is 0 Å². The second-order valence-corrected chi connectivity index (χ2v) is 5.33. The van der Waals surface area contributed by atoms with E-state index in [1.165, 1.54) is 30.1 Å². The molecular weight excluding hydrogens is 218 g/mol. The van der Waals surface area contributed by atoms with E-state index < -0.39 is 0 Å². The van der Waals surface area contributed by atoms with Gasteiger partial charge in [0.05, 0.1) is 5.69 Å². The van der Waals surface area contributed by atoms with Gasteiger partial charge in [-0.1, -0.05) is 6.92 Å². The van der Waals surface area contributed by atoms with E-state index in [9.17, 15) is 0 Å². The van der Waals surface area contributed by atoms with Gasteiger partial charge in [-0.2, -0.15) is 0 Å². The summed E-state index contributed by atoms with van der Waals surface area (Å²) < 4.78 is 0. The number of hydrogen-bond donors (Lipinski definition) is 1. The highest BCUT2D eigenvalue weighted by atomic mass is 32.1. The smallest absolute Gasteiger partial charge is 0.185 e. The lowest BCUT2D eigenvalue weighted by Crippen LogP contribution is -2.26. The van der Waals surface area contributed by atoms with Crippen LogP contribution in [0.15, 0.2) is 5.38 Å². The zero-order valence-electron chi connectivity index (χ0n) is 10.4. The number of nitrogens with zero attached hydrogens (tertiary/aromatic N) is 2. The third-order valence-electron chi connectivity index (χ3n) is 3.08. The average Bonchev–Trinajstić information content (AvgIpc) is 3.02. The molecule has 0 aromatic carbocycles. The largest absolute Gasteiger partial charge is 0.345 e. The van der Waals surface area contributed by atoms with E-state index in [1.54, 1.807) is 11.3 Å². The molecule has 0 spiro atoms. The molecule has 1 fully saturated rings. The van der Waals surface area contributed by atoms with Crippen molar-refractivity contribution in [2.75, 3.05) is 18.5 Å². The number of nitrogens with one attached hydrogen (secondary N) is 1. The van der Waals surface area contributed by atoms with Crippen LogP contribution in [-0.4, -0.2) is 24.6 Å². The van der Waals surface area contributed by atoms with Crippen LogP contribution in [0, 0.1) is 0 Å². The number of thiazole rings is 1. The highest BCUT2D eigenvalue weighted by Crippen LogP contribution is 2.34. The van der Waals surface area contributed by atoms with Gasteiger partial charge in [-0.05, 0) is 33.2 Å². The van der Waals surface area contributed by atoms with Gasteiger partial charge in [0, 0.05) is 24.0 Å². The summed E-state index contributed by atoms with van der Waals surface area (Å²) in [5.74, 6) is 0. The van der Waals surface area contributed by atoms with Gasteiger partial charge < -0.3 is 10.2 Å². The zero-order chi connectivity index (χ0) is 11.5. The van der Waals surface area contributed by atoms with Crippen LogP contribution in [0.1, 0.15) is 44.8 Å². The number of hydrogen-bond acceptors (Lipinski definition) is 4. The van der Waals surface area contributed by atoms with Crippen LogP contribution in [0.4, 0.5) is 5.13 Å². The van der Waals surface area contributed by atoms with Crippen LogP contribution >= 0.6 is 11.3 Å².